The van der Waals surface area contributed by atoms with E-state index in [1.54, 1.807) is 0 Å². The van der Waals surface area contributed by atoms with E-state index in [0.29, 0.717) is 6.42 Å². The van der Waals surface area contributed by atoms with Gasteiger partial charge in [0.15, 0.2) is 0 Å². The topological polar surface area (TPSA) is 57.5 Å². The molecule has 1 atom stereocenters. The molecule has 0 aromatic carbocycles. The van der Waals surface area contributed by atoms with Crippen LogP contribution < -0.4 is 0 Å². The molecule has 0 saturated carbocycles. The highest BCUT2D eigenvalue weighted by Gasteiger charge is 2.14. The van der Waals surface area contributed by atoms with Crippen LogP contribution in [-0.4, -0.2) is 22.8 Å². The first-order valence-electron chi connectivity index (χ1n) is 9.21. The molecule has 0 aromatic rings. The number of rotatable bonds is 16. The van der Waals surface area contributed by atoms with Crippen LogP contribution in [0.2, 0.25) is 0 Å². The minimum absolute atomic E-state index is 0.242. The van der Waals surface area contributed by atoms with Gasteiger partial charge in [0.2, 0.25) is 0 Å². The van der Waals surface area contributed by atoms with Gasteiger partial charge in [-0.15, -0.1) is 0 Å². The normalized spacial score (nSPS) is 12.8. The molecule has 0 fully saturated rings. The lowest BCUT2D eigenvalue weighted by Crippen LogP contribution is -2.17. The molecule has 3 heteroatoms. The summed E-state index contributed by atoms with van der Waals surface area (Å²) in [6.45, 7) is 2.01. The molecule has 0 amide bonds. The molecule has 3 nitrogen and oxygen atoms in total. The van der Waals surface area contributed by atoms with Crippen molar-refractivity contribution in [1.29, 1.82) is 0 Å². The first-order valence-corrected chi connectivity index (χ1v) is 9.21. The fourth-order valence-corrected chi connectivity index (χ4v) is 2.58. The number of allylic oxidation sites excluding steroid dienone is 2. The Balaban J connectivity index is 3.26. The summed E-state index contributed by atoms with van der Waals surface area (Å²) < 4.78 is 0. The number of carboxylic acid groups (broad SMARTS) is 1. The van der Waals surface area contributed by atoms with E-state index in [4.69, 9.17) is 10.2 Å². The molecule has 0 rings (SSSR count). The molecule has 0 radical (unpaired) electrons. The van der Waals surface area contributed by atoms with Crippen LogP contribution in [0.15, 0.2) is 12.2 Å². The average molecular weight is 312 g/mol. The van der Waals surface area contributed by atoms with Gasteiger partial charge < -0.3 is 10.2 Å². The quantitative estimate of drug-likeness (QED) is 0.299. The van der Waals surface area contributed by atoms with Gasteiger partial charge in [0, 0.05) is 0 Å². The number of hydrogen-bond donors (Lipinski definition) is 2. The molecular formula is C19H36O3. The number of aliphatic carboxylic acids is 1. The van der Waals surface area contributed by atoms with Crippen LogP contribution >= 0.6 is 0 Å². The summed E-state index contributed by atoms with van der Waals surface area (Å²) in [6.07, 6.45) is 20.0. The zero-order chi connectivity index (χ0) is 16.5. The predicted octanol–water partition coefficient (Wildman–Crippen LogP) is 5.33. The van der Waals surface area contributed by atoms with Crippen molar-refractivity contribution < 1.29 is 15.0 Å². The Morgan fingerprint density at radius 3 is 1.86 bits per heavy atom. The standard InChI is InChI=1S/C19H36O3/c1-2-3-4-5-6-7-8-9-10-11-12-13-14-15-16-18(17-20)19(21)22/h10-11,18,20H,2-9,12-17H2,1H3,(H,21,22). The van der Waals surface area contributed by atoms with Gasteiger partial charge in [0.05, 0.1) is 12.5 Å². The Morgan fingerprint density at radius 2 is 1.36 bits per heavy atom. The van der Waals surface area contributed by atoms with Gasteiger partial charge in [-0.05, 0) is 32.1 Å². The Kier molecular flexibility index (Phi) is 15.9. The maximum Gasteiger partial charge on any atom is 0.308 e. The van der Waals surface area contributed by atoms with E-state index in [-0.39, 0.29) is 6.61 Å². The molecule has 0 aliphatic heterocycles. The largest absolute Gasteiger partial charge is 0.481 e. The Morgan fingerprint density at radius 1 is 0.864 bits per heavy atom. The highest BCUT2D eigenvalue weighted by Crippen LogP contribution is 2.12. The molecule has 0 aromatic heterocycles. The van der Waals surface area contributed by atoms with Crippen LogP contribution in [0, 0.1) is 5.92 Å². The Hall–Kier alpha value is -0.830. The monoisotopic (exact) mass is 312 g/mol. The Bertz CT molecular complexity index is 274. The number of carbonyl (C=O) groups is 1. The second-order valence-corrected chi connectivity index (χ2v) is 6.24. The summed E-state index contributed by atoms with van der Waals surface area (Å²) in [5.41, 5.74) is 0. The van der Waals surface area contributed by atoms with Crippen LogP contribution in [0.25, 0.3) is 0 Å². The fraction of sp³-hybridized carbons (Fsp3) is 0.842. The van der Waals surface area contributed by atoms with Crippen molar-refractivity contribution in [1.82, 2.24) is 0 Å². The lowest BCUT2D eigenvalue weighted by Gasteiger charge is -2.07. The molecule has 0 heterocycles. The van der Waals surface area contributed by atoms with E-state index in [1.165, 1.54) is 51.4 Å². The molecule has 0 bridgehead atoms. The highest BCUT2D eigenvalue weighted by atomic mass is 16.4. The summed E-state index contributed by atoms with van der Waals surface area (Å²) in [4.78, 5) is 10.7. The molecule has 130 valence electrons. The number of unbranched alkanes of at least 4 members (excludes halogenated alkanes) is 10. The van der Waals surface area contributed by atoms with Crippen molar-refractivity contribution in [3.05, 3.63) is 12.2 Å². The van der Waals surface area contributed by atoms with Crippen molar-refractivity contribution in [2.45, 2.75) is 90.4 Å². The van der Waals surface area contributed by atoms with Crippen LogP contribution in [-0.2, 0) is 4.79 Å². The van der Waals surface area contributed by atoms with Gasteiger partial charge in [-0.1, -0.05) is 70.4 Å². The molecular weight excluding hydrogens is 276 g/mol. The number of carboxylic acids is 1. The van der Waals surface area contributed by atoms with E-state index in [9.17, 15) is 4.79 Å². The zero-order valence-corrected chi connectivity index (χ0v) is 14.4. The van der Waals surface area contributed by atoms with E-state index in [0.717, 1.165) is 25.7 Å². The lowest BCUT2D eigenvalue weighted by molar-refractivity contribution is -0.143. The van der Waals surface area contributed by atoms with Crippen molar-refractivity contribution in [2.75, 3.05) is 6.61 Å². The summed E-state index contributed by atoms with van der Waals surface area (Å²) in [7, 11) is 0. The summed E-state index contributed by atoms with van der Waals surface area (Å²) in [6, 6.07) is 0. The number of aliphatic hydroxyl groups excluding tert-OH is 1. The molecule has 0 aliphatic rings. The third-order valence-corrected chi connectivity index (χ3v) is 4.13. The third-order valence-electron chi connectivity index (χ3n) is 4.13. The highest BCUT2D eigenvalue weighted by molar-refractivity contribution is 5.69. The zero-order valence-electron chi connectivity index (χ0n) is 14.4. The number of aliphatic hydroxyl groups is 1. The van der Waals surface area contributed by atoms with Gasteiger partial charge in [0.1, 0.15) is 0 Å². The van der Waals surface area contributed by atoms with E-state index in [2.05, 4.69) is 19.1 Å². The molecule has 0 aliphatic carbocycles. The van der Waals surface area contributed by atoms with Gasteiger partial charge >= 0.3 is 5.97 Å². The fourth-order valence-electron chi connectivity index (χ4n) is 2.58. The second kappa shape index (κ2) is 16.5. The maximum atomic E-state index is 10.7. The lowest BCUT2D eigenvalue weighted by atomic mass is 10.0. The van der Waals surface area contributed by atoms with Crippen LogP contribution in [0.5, 0.6) is 0 Å². The summed E-state index contributed by atoms with van der Waals surface area (Å²) in [5, 5.41) is 17.7. The minimum atomic E-state index is -0.878. The van der Waals surface area contributed by atoms with Crippen molar-refractivity contribution in [3.8, 4) is 0 Å². The van der Waals surface area contributed by atoms with Crippen LogP contribution in [0.4, 0.5) is 0 Å². The summed E-state index contributed by atoms with van der Waals surface area (Å²) >= 11 is 0. The summed E-state index contributed by atoms with van der Waals surface area (Å²) in [5.74, 6) is -1.45. The second-order valence-electron chi connectivity index (χ2n) is 6.24. The molecule has 22 heavy (non-hydrogen) atoms. The van der Waals surface area contributed by atoms with Gasteiger partial charge in [-0.2, -0.15) is 0 Å². The predicted molar refractivity (Wildman–Crippen MR) is 93.0 cm³/mol. The third kappa shape index (κ3) is 14.1. The van der Waals surface area contributed by atoms with Crippen molar-refractivity contribution in [2.24, 2.45) is 5.92 Å². The number of hydrogen-bond acceptors (Lipinski definition) is 2. The first kappa shape index (κ1) is 21.2. The van der Waals surface area contributed by atoms with Crippen LogP contribution in [0.1, 0.15) is 90.4 Å². The van der Waals surface area contributed by atoms with E-state index in [1.807, 2.05) is 0 Å². The molecule has 0 saturated heterocycles. The van der Waals surface area contributed by atoms with E-state index >= 15 is 0 Å². The van der Waals surface area contributed by atoms with Gasteiger partial charge in [-0.25, -0.2) is 0 Å². The van der Waals surface area contributed by atoms with Crippen molar-refractivity contribution >= 4 is 5.97 Å². The SMILES string of the molecule is CCCCCCCCCC=CCCCCCC(CO)C(=O)O. The Labute approximate surface area is 136 Å². The molecule has 2 N–H and O–H groups in total. The average Bonchev–Trinajstić information content (AvgIpc) is 2.51. The molecule has 1 unspecified atom stereocenters. The van der Waals surface area contributed by atoms with Gasteiger partial charge in [-0.3, -0.25) is 4.79 Å². The maximum absolute atomic E-state index is 10.7. The minimum Gasteiger partial charge on any atom is -0.481 e. The first-order chi connectivity index (χ1) is 10.7. The smallest absolute Gasteiger partial charge is 0.308 e. The molecule has 0 spiro atoms. The van der Waals surface area contributed by atoms with Crippen LogP contribution in [0.3, 0.4) is 0 Å². The van der Waals surface area contributed by atoms with Crippen molar-refractivity contribution in [3.63, 3.8) is 0 Å². The van der Waals surface area contributed by atoms with Gasteiger partial charge in [0.25, 0.3) is 0 Å². The van der Waals surface area contributed by atoms with E-state index < -0.39 is 11.9 Å².